The molecule has 0 N–H and O–H groups in total. The van der Waals surface area contributed by atoms with Crippen LogP contribution in [0.2, 0.25) is 5.02 Å². The van der Waals surface area contributed by atoms with Crippen molar-refractivity contribution in [3.05, 3.63) is 64.8 Å². The number of para-hydroxylation sites is 1. The van der Waals surface area contributed by atoms with Crippen LogP contribution in [0.1, 0.15) is 56.0 Å². The van der Waals surface area contributed by atoms with Crippen LogP contribution in [-0.4, -0.2) is 53.6 Å². The largest absolute Gasteiger partial charge is 0.494 e. The van der Waals surface area contributed by atoms with Crippen molar-refractivity contribution in [3.63, 3.8) is 0 Å². The number of halogens is 1. The summed E-state index contributed by atoms with van der Waals surface area (Å²) in [7, 11) is 1.59. The van der Waals surface area contributed by atoms with Crippen molar-refractivity contribution in [2.45, 2.75) is 52.1 Å². The molecule has 210 valence electrons. The van der Waals surface area contributed by atoms with Crippen molar-refractivity contribution in [2.75, 3.05) is 25.1 Å². The van der Waals surface area contributed by atoms with E-state index in [2.05, 4.69) is 4.98 Å². The topological polar surface area (TPSA) is 89.0 Å². The molecule has 0 aliphatic carbocycles. The van der Waals surface area contributed by atoms with Crippen molar-refractivity contribution in [3.8, 4) is 5.75 Å². The highest BCUT2D eigenvalue weighted by atomic mass is 35.5. The lowest BCUT2D eigenvalue weighted by Crippen LogP contribution is -2.37. The molecule has 1 fully saturated rings. The molecule has 40 heavy (non-hydrogen) atoms. The molecule has 2 aliphatic rings. The summed E-state index contributed by atoms with van der Waals surface area (Å²) in [4.78, 5) is 48.1. The summed E-state index contributed by atoms with van der Waals surface area (Å²) in [6, 6.07) is 12.4. The summed E-state index contributed by atoms with van der Waals surface area (Å²) in [5.41, 5.74) is 1.72. The van der Waals surface area contributed by atoms with Crippen LogP contribution >= 0.6 is 11.6 Å². The van der Waals surface area contributed by atoms with Gasteiger partial charge in [0, 0.05) is 36.1 Å². The van der Waals surface area contributed by atoms with Crippen LogP contribution in [0.5, 0.6) is 5.75 Å². The van der Waals surface area contributed by atoms with Gasteiger partial charge in [-0.1, -0.05) is 29.8 Å². The average Bonchev–Trinajstić information content (AvgIpc) is 3.41. The van der Waals surface area contributed by atoms with Crippen molar-refractivity contribution >= 4 is 46.1 Å². The van der Waals surface area contributed by atoms with E-state index in [0.29, 0.717) is 53.5 Å². The zero-order valence-corrected chi connectivity index (χ0v) is 24.0. The first kappa shape index (κ1) is 27.9. The Bertz CT molecular complexity index is 1470. The second kappa shape index (κ2) is 11.1. The fourth-order valence-corrected chi connectivity index (χ4v) is 5.97. The van der Waals surface area contributed by atoms with E-state index in [1.807, 2.05) is 39.0 Å². The van der Waals surface area contributed by atoms with E-state index in [4.69, 9.17) is 21.1 Å². The predicted octanol–water partition coefficient (Wildman–Crippen LogP) is 6.28. The number of benzene rings is 2. The van der Waals surface area contributed by atoms with Gasteiger partial charge in [0.25, 0.3) is 5.91 Å². The summed E-state index contributed by atoms with van der Waals surface area (Å²) in [6.07, 6.45) is 3.36. The Kier molecular flexibility index (Phi) is 7.73. The van der Waals surface area contributed by atoms with Gasteiger partial charge >= 0.3 is 6.09 Å². The third-order valence-electron chi connectivity index (χ3n) is 7.68. The molecule has 3 amide bonds. The Morgan fingerprint density at radius 3 is 2.58 bits per heavy atom. The van der Waals surface area contributed by atoms with Gasteiger partial charge in [-0.25, -0.2) is 9.69 Å². The molecule has 1 saturated heterocycles. The molecule has 0 saturated carbocycles. The summed E-state index contributed by atoms with van der Waals surface area (Å²) in [5, 5.41) is 1.25. The lowest BCUT2D eigenvalue weighted by Gasteiger charge is -2.26. The maximum Gasteiger partial charge on any atom is 0.410 e. The summed E-state index contributed by atoms with van der Waals surface area (Å²) in [6.45, 7) is 6.71. The van der Waals surface area contributed by atoms with Crippen LogP contribution in [0.3, 0.4) is 0 Å². The number of imide groups is 1. The molecule has 2 aliphatic heterocycles. The van der Waals surface area contributed by atoms with Crippen LogP contribution in [-0.2, 0) is 16.0 Å². The SMILES string of the molecule is COc1cccc2c3c(cnc12)C(=O)N(c1cccc(Cl)c1)C(=O)CCC([C@@H]1CCN(C(=O)OC(C)(C)C)C1)C3. The van der Waals surface area contributed by atoms with Crippen molar-refractivity contribution in [2.24, 2.45) is 11.8 Å². The van der Waals surface area contributed by atoms with Crippen LogP contribution in [0.4, 0.5) is 10.5 Å². The number of hydrogen-bond acceptors (Lipinski definition) is 6. The van der Waals surface area contributed by atoms with Gasteiger partial charge in [0.1, 0.15) is 16.9 Å². The van der Waals surface area contributed by atoms with Gasteiger partial charge in [0.2, 0.25) is 5.91 Å². The highest BCUT2D eigenvalue weighted by Crippen LogP contribution is 2.38. The molecule has 2 atom stereocenters. The van der Waals surface area contributed by atoms with Crippen molar-refractivity contribution in [1.82, 2.24) is 9.88 Å². The fourth-order valence-electron chi connectivity index (χ4n) is 5.78. The van der Waals surface area contributed by atoms with Gasteiger partial charge in [-0.3, -0.25) is 14.6 Å². The van der Waals surface area contributed by atoms with E-state index < -0.39 is 11.5 Å². The first-order chi connectivity index (χ1) is 19.1. The number of amides is 3. The molecule has 0 radical (unpaired) electrons. The summed E-state index contributed by atoms with van der Waals surface area (Å²) < 4.78 is 11.2. The lowest BCUT2D eigenvalue weighted by molar-refractivity contribution is -0.118. The minimum absolute atomic E-state index is 0.0547. The van der Waals surface area contributed by atoms with Gasteiger partial charge < -0.3 is 14.4 Å². The Hall–Kier alpha value is -3.65. The third-order valence-corrected chi connectivity index (χ3v) is 7.91. The van der Waals surface area contributed by atoms with Crippen LogP contribution < -0.4 is 9.64 Å². The predicted molar refractivity (Wildman–Crippen MR) is 154 cm³/mol. The number of likely N-dealkylation sites (tertiary alicyclic amines) is 1. The number of pyridine rings is 1. The van der Waals surface area contributed by atoms with Gasteiger partial charge in [-0.15, -0.1) is 0 Å². The van der Waals surface area contributed by atoms with Gasteiger partial charge in [-0.2, -0.15) is 0 Å². The molecular weight excluding hydrogens is 530 g/mol. The number of carbonyl (C=O) groups is 3. The quantitative estimate of drug-likeness (QED) is 0.348. The number of fused-ring (bicyclic) bond motifs is 3. The number of aromatic nitrogens is 1. The first-order valence-corrected chi connectivity index (χ1v) is 14.0. The van der Waals surface area contributed by atoms with Crippen molar-refractivity contribution in [1.29, 1.82) is 0 Å². The standard InChI is InChI=1S/C31H34ClN3O5/c1-31(2,3)40-30(38)34-14-13-20(18-34)19-11-12-27(36)35(22-8-5-7-21(32)16-22)29(37)25-17-33-28-23(24(25)15-19)9-6-10-26(28)39-4/h5-10,16-17,19-20H,11-15,18H2,1-4H3/t19?,20-/m1/s1. The molecule has 8 nitrogen and oxygen atoms in total. The Balaban J connectivity index is 1.57. The average molecular weight is 564 g/mol. The minimum Gasteiger partial charge on any atom is -0.494 e. The monoisotopic (exact) mass is 563 g/mol. The van der Waals surface area contributed by atoms with Gasteiger partial charge in [0.05, 0.1) is 18.4 Å². The summed E-state index contributed by atoms with van der Waals surface area (Å²) >= 11 is 6.25. The van der Waals surface area contributed by atoms with E-state index >= 15 is 0 Å². The molecule has 3 aromatic rings. The fraction of sp³-hybridized carbons (Fsp3) is 0.419. The van der Waals surface area contributed by atoms with Crippen molar-refractivity contribution < 1.29 is 23.9 Å². The van der Waals surface area contributed by atoms with Crippen LogP contribution in [0, 0.1) is 11.8 Å². The number of rotatable bonds is 3. The maximum absolute atomic E-state index is 14.1. The number of carbonyl (C=O) groups excluding carboxylic acids is 3. The number of anilines is 1. The molecule has 2 aromatic carbocycles. The second-order valence-electron chi connectivity index (χ2n) is 11.5. The third kappa shape index (κ3) is 5.63. The highest BCUT2D eigenvalue weighted by Gasteiger charge is 2.37. The van der Waals surface area contributed by atoms with Gasteiger partial charge in [-0.05, 0) is 81.7 Å². The van der Waals surface area contributed by atoms with Crippen LogP contribution in [0.25, 0.3) is 10.9 Å². The second-order valence-corrected chi connectivity index (χ2v) is 11.9. The molecule has 0 spiro atoms. The molecule has 9 heteroatoms. The molecular formula is C31H34ClN3O5. The zero-order valence-electron chi connectivity index (χ0n) is 23.3. The van der Waals surface area contributed by atoms with Gasteiger partial charge in [0.15, 0.2) is 0 Å². The highest BCUT2D eigenvalue weighted by molar-refractivity contribution is 6.31. The van der Waals surface area contributed by atoms with E-state index in [0.717, 1.165) is 17.4 Å². The number of nitrogens with zero attached hydrogens (tertiary/aromatic N) is 3. The zero-order chi connectivity index (χ0) is 28.6. The Morgan fingerprint density at radius 1 is 1.07 bits per heavy atom. The Labute approximate surface area is 239 Å². The number of ether oxygens (including phenoxy) is 2. The van der Waals surface area contributed by atoms with Crippen LogP contribution in [0.15, 0.2) is 48.7 Å². The molecule has 5 rings (SSSR count). The Morgan fingerprint density at radius 2 is 1.85 bits per heavy atom. The normalized spacial score (nSPS) is 20.1. The lowest BCUT2D eigenvalue weighted by atomic mass is 9.81. The molecule has 1 unspecified atom stereocenters. The number of methoxy groups -OCH3 is 1. The van der Waals surface area contributed by atoms with E-state index in [1.165, 1.54) is 4.90 Å². The summed E-state index contributed by atoms with van der Waals surface area (Å²) in [5.74, 6) is 0.0950. The first-order valence-electron chi connectivity index (χ1n) is 13.6. The minimum atomic E-state index is -0.576. The molecule has 3 heterocycles. The van der Waals surface area contributed by atoms with E-state index in [1.54, 1.807) is 42.5 Å². The number of hydrogen-bond donors (Lipinski definition) is 0. The van der Waals surface area contributed by atoms with E-state index in [9.17, 15) is 14.4 Å². The molecule has 0 bridgehead atoms. The maximum atomic E-state index is 14.1. The smallest absolute Gasteiger partial charge is 0.410 e. The van der Waals surface area contributed by atoms with E-state index in [-0.39, 0.29) is 30.3 Å². The molecule has 1 aromatic heterocycles.